The summed E-state index contributed by atoms with van der Waals surface area (Å²) in [5, 5.41) is 2.80. The van der Waals surface area contributed by atoms with E-state index in [0.717, 1.165) is 19.3 Å². The number of aryl methyl sites for hydroxylation is 1. The van der Waals surface area contributed by atoms with Crippen LogP contribution in [0.3, 0.4) is 0 Å². The summed E-state index contributed by atoms with van der Waals surface area (Å²) in [6, 6.07) is 0.176. The highest BCUT2D eigenvalue weighted by molar-refractivity contribution is 5.90. The lowest BCUT2D eigenvalue weighted by Gasteiger charge is -2.14. The summed E-state index contributed by atoms with van der Waals surface area (Å²) in [6.07, 6.45) is 6.95. The third-order valence-electron chi connectivity index (χ3n) is 3.23. The first-order valence-electron chi connectivity index (χ1n) is 5.99. The minimum atomic E-state index is -0.000182. The molecule has 1 aromatic heterocycles. The lowest BCUT2D eigenvalue weighted by molar-refractivity contribution is -0.117. The van der Waals surface area contributed by atoms with Gasteiger partial charge in [0.1, 0.15) is 5.82 Å². The second-order valence-corrected chi connectivity index (χ2v) is 4.63. The van der Waals surface area contributed by atoms with E-state index >= 15 is 0 Å². The second kappa shape index (κ2) is 5.23. The van der Waals surface area contributed by atoms with Crippen LogP contribution >= 0.6 is 0 Å². The van der Waals surface area contributed by atoms with Gasteiger partial charge in [0.15, 0.2) is 0 Å². The number of nitrogens with two attached hydrogens (primary N) is 1. The van der Waals surface area contributed by atoms with Gasteiger partial charge >= 0.3 is 0 Å². The third-order valence-corrected chi connectivity index (χ3v) is 3.23. The van der Waals surface area contributed by atoms with Gasteiger partial charge in [-0.25, -0.2) is 9.97 Å². The fourth-order valence-electron chi connectivity index (χ4n) is 2.23. The molecule has 3 N–H and O–H groups in total. The van der Waals surface area contributed by atoms with E-state index in [-0.39, 0.29) is 11.9 Å². The van der Waals surface area contributed by atoms with Crippen LogP contribution in [0.5, 0.6) is 0 Å². The zero-order valence-corrected chi connectivity index (χ0v) is 10.0. The van der Waals surface area contributed by atoms with E-state index in [1.807, 2.05) is 6.92 Å². The molecule has 0 spiro atoms. The fraction of sp³-hybridized carbons (Fsp3) is 0.583. The first kappa shape index (κ1) is 12.0. The molecule has 1 aliphatic carbocycles. The van der Waals surface area contributed by atoms with Crippen LogP contribution in [0.25, 0.3) is 0 Å². The van der Waals surface area contributed by atoms with Crippen molar-refractivity contribution in [1.82, 2.24) is 9.97 Å². The molecule has 1 amide bonds. The summed E-state index contributed by atoms with van der Waals surface area (Å²) in [7, 11) is 0. The molecular weight excluding hydrogens is 216 g/mol. The zero-order chi connectivity index (χ0) is 12.3. The maximum atomic E-state index is 11.8. The van der Waals surface area contributed by atoms with Crippen LogP contribution in [0.15, 0.2) is 12.4 Å². The number of hydrogen-bond donors (Lipinski definition) is 2. The predicted molar refractivity (Wildman–Crippen MR) is 65.3 cm³/mol. The van der Waals surface area contributed by atoms with Gasteiger partial charge in [-0.2, -0.15) is 0 Å². The molecule has 2 rings (SSSR count). The number of amides is 1. The van der Waals surface area contributed by atoms with Crippen LogP contribution in [0, 0.1) is 12.8 Å². The first-order valence-corrected chi connectivity index (χ1v) is 5.99. The molecule has 1 heterocycles. The fourth-order valence-corrected chi connectivity index (χ4v) is 2.23. The summed E-state index contributed by atoms with van der Waals surface area (Å²) in [6.45, 7) is 1.81. The Hall–Kier alpha value is -1.49. The number of carbonyl (C=O) groups is 1. The molecule has 17 heavy (non-hydrogen) atoms. The Morgan fingerprint density at radius 1 is 1.47 bits per heavy atom. The molecule has 5 nitrogen and oxygen atoms in total. The van der Waals surface area contributed by atoms with Crippen LogP contribution in [-0.4, -0.2) is 21.9 Å². The molecule has 1 aliphatic rings. The summed E-state index contributed by atoms with van der Waals surface area (Å²) >= 11 is 0. The van der Waals surface area contributed by atoms with Crippen molar-refractivity contribution in [3.8, 4) is 0 Å². The Morgan fingerprint density at radius 2 is 2.18 bits per heavy atom. The van der Waals surface area contributed by atoms with Gasteiger partial charge in [0.2, 0.25) is 5.91 Å². The summed E-state index contributed by atoms with van der Waals surface area (Å²) in [5.41, 5.74) is 6.58. The normalized spacial score (nSPS) is 23.6. The number of anilines is 1. The highest BCUT2D eigenvalue weighted by Crippen LogP contribution is 2.26. The quantitative estimate of drug-likeness (QED) is 0.824. The minimum Gasteiger partial charge on any atom is -0.327 e. The highest BCUT2D eigenvalue weighted by Gasteiger charge is 2.25. The van der Waals surface area contributed by atoms with Crippen LogP contribution in [0.1, 0.15) is 31.5 Å². The molecule has 0 saturated heterocycles. The van der Waals surface area contributed by atoms with E-state index in [0.29, 0.717) is 23.9 Å². The largest absolute Gasteiger partial charge is 0.327 e. The van der Waals surface area contributed by atoms with Crippen molar-refractivity contribution in [2.45, 2.75) is 38.6 Å². The summed E-state index contributed by atoms with van der Waals surface area (Å²) in [4.78, 5) is 19.8. The van der Waals surface area contributed by atoms with Gasteiger partial charge in [0, 0.05) is 12.5 Å². The third kappa shape index (κ3) is 3.23. The van der Waals surface area contributed by atoms with Gasteiger partial charge in [0.05, 0.1) is 18.1 Å². The number of aromatic nitrogens is 2. The van der Waals surface area contributed by atoms with E-state index in [2.05, 4.69) is 15.3 Å². The SMILES string of the molecule is Cc1ncc(NC(=O)C[C@@H]2CCC[C@H]2N)cn1. The molecule has 0 radical (unpaired) electrons. The van der Waals surface area contributed by atoms with Crippen molar-refractivity contribution < 1.29 is 4.79 Å². The van der Waals surface area contributed by atoms with Crippen molar-refractivity contribution in [1.29, 1.82) is 0 Å². The first-order chi connectivity index (χ1) is 8.15. The van der Waals surface area contributed by atoms with Gasteiger partial charge in [-0.15, -0.1) is 0 Å². The van der Waals surface area contributed by atoms with Crippen molar-refractivity contribution in [2.75, 3.05) is 5.32 Å². The van der Waals surface area contributed by atoms with Gasteiger partial charge < -0.3 is 11.1 Å². The lowest BCUT2D eigenvalue weighted by atomic mass is 10.00. The molecule has 2 atom stereocenters. The summed E-state index contributed by atoms with van der Waals surface area (Å²) in [5.74, 6) is 1.02. The van der Waals surface area contributed by atoms with Gasteiger partial charge in [-0.3, -0.25) is 4.79 Å². The topological polar surface area (TPSA) is 80.9 Å². The average molecular weight is 234 g/mol. The van der Waals surface area contributed by atoms with Gasteiger partial charge in [-0.05, 0) is 25.7 Å². The Labute approximate surface area is 101 Å². The van der Waals surface area contributed by atoms with Crippen molar-refractivity contribution in [3.63, 3.8) is 0 Å². The molecule has 0 aliphatic heterocycles. The molecule has 0 bridgehead atoms. The van der Waals surface area contributed by atoms with Gasteiger partial charge in [-0.1, -0.05) is 6.42 Å². The molecule has 92 valence electrons. The van der Waals surface area contributed by atoms with E-state index in [1.165, 1.54) is 0 Å². The molecule has 1 aromatic rings. The van der Waals surface area contributed by atoms with Crippen molar-refractivity contribution in [3.05, 3.63) is 18.2 Å². The zero-order valence-electron chi connectivity index (χ0n) is 10.0. The van der Waals surface area contributed by atoms with Crippen LogP contribution < -0.4 is 11.1 Å². The lowest BCUT2D eigenvalue weighted by Crippen LogP contribution is -2.28. The molecule has 0 aromatic carbocycles. The number of nitrogens with zero attached hydrogens (tertiary/aromatic N) is 2. The number of hydrogen-bond acceptors (Lipinski definition) is 4. The number of carbonyl (C=O) groups excluding carboxylic acids is 1. The van der Waals surface area contributed by atoms with E-state index in [1.54, 1.807) is 12.4 Å². The minimum absolute atomic E-state index is 0.000182. The Bertz CT molecular complexity index is 390. The van der Waals surface area contributed by atoms with E-state index in [9.17, 15) is 4.79 Å². The second-order valence-electron chi connectivity index (χ2n) is 4.63. The monoisotopic (exact) mass is 234 g/mol. The summed E-state index contributed by atoms with van der Waals surface area (Å²) < 4.78 is 0. The Morgan fingerprint density at radius 3 is 2.76 bits per heavy atom. The molecule has 1 fully saturated rings. The standard InChI is InChI=1S/C12H18N4O/c1-8-14-6-10(7-15-8)16-12(17)5-9-3-2-4-11(9)13/h6-7,9,11H,2-5,13H2,1H3,(H,16,17)/t9-,11+/m0/s1. The van der Waals surface area contributed by atoms with Crippen LogP contribution in [0.2, 0.25) is 0 Å². The smallest absolute Gasteiger partial charge is 0.224 e. The number of rotatable bonds is 3. The predicted octanol–water partition coefficient (Wildman–Crippen LogP) is 1.24. The van der Waals surface area contributed by atoms with Crippen molar-refractivity contribution >= 4 is 11.6 Å². The molecular formula is C12H18N4O. The average Bonchev–Trinajstić information content (AvgIpc) is 2.68. The van der Waals surface area contributed by atoms with Crippen LogP contribution in [0.4, 0.5) is 5.69 Å². The maximum Gasteiger partial charge on any atom is 0.224 e. The Balaban J connectivity index is 1.86. The highest BCUT2D eigenvalue weighted by atomic mass is 16.1. The van der Waals surface area contributed by atoms with Crippen LogP contribution in [-0.2, 0) is 4.79 Å². The molecule has 0 unspecified atom stereocenters. The maximum absolute atomic E-state index is 11.8. The van der Waals surface area contributed by atoms with E-state index in [4.69, 9.17) is 5.73 Å². The van der Waals surface area contributed by atoms with Gasteiger partial charge in [0.25, 0.3) is 0 Å². The molecule has 5 heteroatoms. The van der Waals surface area contributed by atoms with Crippen molar-refractivity contribution in [2.24, 2.45) is 11.7 Å². The Kier molecular flexibility index (Phi) is 3.68. The molecule has 1 saturated carbocycles. The number of nitrogens with one attached hydrogen (secondary N) is 1. The van der Waals surface area contributed by atoms with E-state index < -0.39 is 0 Å².